The predicted octanol–water partition coefficient (Wildman–Crippen LogP) is 1.03. The van der Waals surface area contributed by atoms with Crippen LogP contribution in [-0.2, 0) is 19.5 Å². The topological polar surface area (TPSA) is 59.0 Å². The SMILES string of the molecule is CNCC(O)CCc1cc(CN(C)C)c(O)c(CN(C)C)c1. The van der Waals surface area contributed by atoms with Crippen molar-refractivity contribution in [2.75, 3.05) is 41.8 Å². The Morgan fingerprint density at radius 3 is 1.95 bits per heavy atom. The van der Waals surface area contributed by atoms with Gasteiger partial charge in [-0.25, -0.2) is 0 Å². The van der Waals surface area contributed by atoms with Crippen molar-refractivity contribution in [2.24, 2.45) is 0 Å². The number of phenols is 1. The summed E-state index contributed by atoms with van der Waals surface area (Å²) >= 11 is 0. The zero-order chi connectivity index (χ0) is 16.7. The van der Waals surface area contributed by atoms with Crippen molar-refractivity contribution in [2.45, 2.75) is 32.0 Å². The number of nitrogens with zero attached hydrogens (tertiary/aromatic N) is 2. The number of aliphatic hydroxyl groups is 1. The van der Waals surface area contributed by atoms with Crippen LogP contribution in [0.1, 0.15) is 23.1 Å². The van der Waals surface area contributed by atoms with Crippen molar-refractivity contribution < 1.29 is 10.2 Å². The quantitative estimate of drug-likeness (QED) is 0.636. The fourth-order valence-corrected chi connectivity index (χ4v) is 2.57. The van der Waals surface area contributed by atoms with Gasteiger partial charge in [-0.15, -0.1) is 0 Å². The summed E-state index contributed by atoms with van der Waals surface area (Å²) in [6, 6.07) is 4.11. The third-order valence-electron chi connectivity index (χ3n) is 3.51. The number of rotatable bonds is 9. The number of phenolic OH excluding ortho intramolecular Hbond substituents is 1. The molecule has 5 heteroatoms. The van der Waals surface area contributed by atoms with Crippen molar-refractivity contribution in [3.05, 3.63) is 28.8 Å². The molecule has 0 heterocycles. The summed E-state index contributed by atoms with van der Waals surface area (Å²) in [6.45, 7) is 2.02. The molecule has 1 unspecified atom stereocenters. The molecular formula is C17H31N3O2. The van der Waals surface area contributed by atoms with Crippen LogP contribution in [0, 0.1) is 0 Å². The average molecular weight is 309 g/mol. The van der Waals surface area contributed by atoms with Gasteiger partial charge >= 0.3 is 0 Å². The Kier molecular flexibility index (Phi) is 7.82. The molecule has 0 saturated heterocycles. The normalized spacial score (nSPS) is 13.1. The molecule has 0 aliphatic rings. The van der Waals surface area contributed by atoms with Gasteiger partial charge in [-0.1, -0.05) is 12.1 Å². The van der Waals surface area contributed by atoms with E-state index < -0.39 is 0 Å². The van der Waals surface area contributed by atoms with Gasteiger partial charge < -0.3 is 25.3 Å². The van der Waals surface area contributed by atoms with E-state index in [0.29, 0.717) is 31.8 Å². The van der Waals surface area contributed by atoms with Crippen LogP contribution in [0.2, 0.25) is 0 Å². The Morgan fingerprint density at radius 1 is 1.05 bits per heavy atom. The fourth-order valence-electron chi connectivity index (χ4n) is 2.57. The van der Waals surface area contributed by atoms with Crippen LogP contribution in [0.4, 0.5) is 0 Å². The Balaban J connectivity index is 2.95. The highest BCUT2D eigenvalue weighted by atomic mass is 16.3. The zero-order valence-corrected chi connectivity index (χ0v) is 14.6. The van der Waals surface area contributed by atoms with Gasteiger partial charge in [0.25, 0.3) is 0 Å². The van der Waals surface area contributed by atoms with Crippen molar-refractivity contribution >= 4 is 0 Å². The third-order valence-corrected chi connectivity index (χ3v) is 3.51. The van der Waals surface area contributed by atoms with E-state index in [-0.39, 0.29) is 6.10 Å². The van der Waals surface area contributed by atoms with E-state index in [4.69, 9.17) is 0 Å². The monoisotopic (exact) mass is 309 g/mol. The lowest BCUT2D eigenvalue weighted by Gasteiger charge is -2.19. The van der Waals surface area contributed by atoms with Crippen LogP contribution in [0.5, 0.6) is 5.75 Å². The van der Waals surface area contributed by atoms with Crippen LogP contribution >= 0.6 is 0 Å². The third kappa shape index (κ3) is 6.32. The molecule has 1 aromatic carbocycles. The van der Waals surface area contributed by atoms with Crippen LogP contribution in [0.15, 0.2) is 12.1 Å². The maximum absolute atomic E-state index is 10.5. The van der Waals surface area contributed by atoms with E-state index in [2.05, 4.69) is 17.4 Å². The highest BCUT2D eigenvalue weighted by molar-refractivity contribution is 5.44. The summed E-state index contributed by atoms with van der Waals surface area (Å²) in [5.41, 5.74) is 3.06. The molecule has 1 rings (SSSR count). The van der Waals surface area contributed by atoms with E-state index in [0.717, 1.165) is 17.5 Å². The second kappa shape index (κ2) is 9.10. The summed E-state index contributed by atoms with van der Waals surface area (Å²) in [7, 11) is 9.82. The number of nitrogens with one attached hydrogen (secondary N) is 1. The van der Waals surface area contributed by atoms with Gasteiger partial charge in [0.2, 0.25) is 0 Å². The van der Waals surface area contributed by atoms with Crippen LogP contribution in [0.25, 0.3) is 0 Å². The standard InChI is InChI=1S/C17H31N3O2/c1-18-10-16(21)7-6-13-8-14(11-19(2)3)17(22)15(9-13)12-20(4)5/h8-9,16,18,21-22H,6-7,10-12H2,1-5H3. The second-order valence-electron chi connectivity index (χ2n) is 6.49. The average Bonchev–Trinajstić information content (AvgIpc) is 2.40. The van der Waals surface area contributed by atoms with Crippen LogP contribution < -0.4 is 5.32 Å². The number of hydrogen-bond acceptors (Lipinski definition) is 5. The smallest absolute Gasteiger partial charge is 0.124 e. The molecule has 0 aromatic heterocycles. The predicted molar refractivity (Wildman–Crippen MR) is 91.1 cm³/mol. The van der Waals surface area contributed by atoms with E-state index in [1.54, 1.807) is 0 Å². The van der Waals surface area contributed by atoms with Crippen molar-refractivity contribution in [3.63, 3.8) is 0 Å². The van der Waals surface area contributed by atoms with Crippen molar-refractivity contribution in [1.82, 2.24) is 15.1 Å². The van der Waals surface area contributed by atoms with Gasteiger partial charge in [0.15, 0.2) is 0 Å². The summed E-state index contributed by atoms with van der Waals surface area (Å²) < 4.78 is 0. The zero-order valence-electron chi connectivity index (χ0n) is 14.6. The lowest BCUT2D eigenvalue weighted by Crippen LogP contribution is -2.23. The molecule has 0 bridgehead atoms. The molecule has 0 saturated carbocycles. The van der Waals surface area contributed by atoms with Gasteiger partial charge in [0, 0.05) is 30.8 Å². The minimum atomic E-state index is -0.339. The lowest BCUT2D eigenvalue weighted by atomic mass is 9.99. The Bertz CT molecular complexity index is 430. The first-order valence-corrected chi connectivity index (χ1v) is 7.79. The number of aromatic hydroxyl groups is 1. The Labute approximate surface area is 134 Å². The van der Waals surface area contributed by atoms with Gasteiger partial charge in [0.1, 0.15) is 5.75 Å². The van der Waals surface area contributed by atoms with Crippen LogP contribution in [-0.4, -0.2) is 67.9 Å². The molecular weight excluding hydrogens is 278 g/mol. The maximum atomic E-state index is 10.5. The largest absolute Gasteiger partial charge is 0.507 e. The van der Waals surface area contributed by atoms with E-state index in [1.165, 1.54) is 5.56 Å². The molecule has 5 nitrogen and oxygen atoms in total. The van der Waals surface area contributed by atoms with Gasteiger partial charge in [-0.2, -0.15) is 0 Å². The molecule has 3 N–H and O–H groups in total. The maximum Gasteiger partial charge on any atom is 0.124 e. The minimum absolute atomic E-state index is 0.339. The summed E-state index contributed by atoms with van der Waals surface area (Å²) in [4.78, 5) is 4.10. The lowest BCUT2D eigenvalue weighted by molar-refractivity contribution is 0.165. The molecule has 0 fully saturated rings. The van der Waals surface area contributed by atoms with E-state index in [1.807, 2.05) is 45.0 Å². The Morgan fingerprint density at radius 2 is 1.55 bits per heavy atom. The summed E-state index contributed by atoms with van der Waals surface area (Å²) in [6.07, 6.45) is 1.19. The number of likely N-dealkylation sites (N-methyl/N-ethyl adjacent to an activating group) is 1. The molecule has 0 amide bonds. The van der Waals surface area contributed by atoms with Crippen molar-refractivity contribution in [1.29, 1.82) is 0 Å². The first-order valence-electron chi connectivity index (χ1n) is 7.79. The van der Waals surface area contributed by atoms with E-state index in [9.17, 15) is 10.2 Å². The second-order valence-corrected chi connectivity index (χ2v) is 6.49. The summed E-state index contributed by atoms with van der Waals surface area (Å²) in [5.74, 6) is 0.391. The molecule has 0 aliphatic heterocycles. The number of aliphatic hydroxyl groups excluding tert-OH is 1. The van der Waals surface area contributed by atoms with Gasteiger partial charge in [-0.3, -0.25) is 0 Å². The van der Waals surface area contributed by atoms with Crippen LogP contribution in [0.3, 0.4) is 0 Å². The molecule has 1 atom stereocenters. The number of benzene rings is 1. The molecule has 0 aliphatic carbocycles. The van der Waals surface area contributed by atoms with Gasteiger partial charge in [-0.05, 0) is 53.6 Å². The molecule has 1 aromatic rings. The first kappa shape index (κ1) is 18.9. The fraction of sp³-hybridized carbons (Fsp3) is 0.647. The van der Waals surface area contributed by atoms with E-state index >= 15 is 0 Å². The molecule has 22 heavy (non-hydrogen) atoms. The highest BCUT2D eigenvalue weighted by Crippen LogP contribution is 2.27. The number of aryl methyl sites for hydroxylation is 1. The molecule has 0 spiro atoms. The van der Waals surface area contributed by atoms with Crippen molar-refractivity contribution in [3.8, 4) is 5.75 Å². The first-order chi connectivity index (χ1) is 10.3. The van der Waals surface area contributed by atoms with Gasteiger partial charge in [0.05, 0.1) is 6.10 Å². The molecule has 0 radical (unpaired) electrons. The highest BCUT2D eigenvalue weighted by Gasteiger charge is 2.13. The summed E-state index contributed by atoms with van der Waals surface area (Å²) in [5, 5.41) is 23.3. The minimum Gasteiger partial charge on any atom is -0.507 e. The Hall–Kier alpha value is -1.14. The molecule has 126 valence electrons. The number of hydrogen-bond donors (Lipinski definition) is 3.